The van der Waals surface area contributed by atoms with Gasteiger partial charge in [0, 0.05) is 12.0 Å². The van der Waals surface area contributed by atoms with Gasteiger partial charge in [-0.25, -0.2) is 0 Å². The maximum atomic E-state index is 12.1. The van der Waals surface area contributed by atoms with Crippen molar-refractivity contribution in [2.24, 2.45) is 46.3 Å². The highest BCUT2D eigenvalue weighted by Crippen LogP contribution is 2.69. The van der Waals surface area contributed by atoms with Gasteiger partial charge < -0.3 is 18.9 Å². The van der Waals surface area contributed by atoms with E-state index >= 15 is 0 Å². The summed E-state index contributed by atoms with van der Waals surface area (Å²) in [6.07, 6.45) is 10.5. The van der Waals surface area contributed by atoms with Gasteiger partial charge in [0.1, 0.15) is 5.60 Å². The minimum Gasteiger partial charge on any atom is -0.376 e. The van der Waals surface area contributed by atoms with Crippen LogP contribution in [0.4, 0.5) is 0 Å². The van der Waals surface area contributed by atoms with Crippen molar-refractivity contribution in [2.75, 3.05) is 65.0 Å². The molecule has 68 heavy (non-hydrogen) atoms. The molecule has 0 saturated heterocycles. The molecular formula is C52H74O13S3. The fraction of sp³-hybridized carbons (Fsp3) is 0.654. The van der Waals surface area contributed by atoms with E-state index in [9.17, 15) is 25.3 Å². The van der Waals surface area contributed by atoms with Gasteiger partial charge in [-0.1, -0.05) is 112 Å². The molecule has 378 valence electrons. The lowest BCUT2D eigenvalue weighted by Gasteiger charge is -2.64. The van der Waals surface area contributed by atoms with E-state index in [0.717, 1.165) is 93.2 Å². The van der Waals surface area contributed by atoms with Crippen molar-refractivity contribution < 1.29 is 56.8 Å². The monoisotopic (exact) mass is 1000 g/mol. The first-order chi connectivity index (χ1) is 32.2. The molecule has 0 radical (unpaired) electrons. The molecule has 11 atom stereocenters. The van der Waals surface area contributed by atoms with Gasteiger partial charge in [-0.05, 0) is 115 Å². The summed E-state index contributed by atoms with van der Waals surface area (Å²) in [5.41, 5.74) is 2.01. The van der Waals surface area contributed by atoms with Crippen LogP contribution >= 0.6 is 0 Å². The largest absolute Gasteiger partial charge is 0.376 e. The van der Waals surface area contributed by atoms with E-state index in [1.165, 1.54) is 0 Å². The summed E-state index contributed by atoms with van der Waals surface area (Å²) in [6, 6.07) is 31.3. The van der Waals surface area contributed by atoms with Crippen molar-refractivity contribution >= 4 is 30.4 Å². The summed E-state index contributed by atoms with van der Waals surface area (Å²) in [5, 5.41) is 0. The second-order valence-electron chi connectivity index (χ2n) is 20.4. The lowest BCUT2D eigenvalue weighted by atomic mass is 9.43. The molecule has 0 N–H and O–H groups in total. The molecule has 0 aromatic heterocycles. The maximum absolute atomic E-state index is 12.1. The molecule has 0 bridgehead atoms. The number of hydrogen-bond donors (Lipinski definition) is 0. The average molecular weight is 1000 g/mol. The van der Waals surface area contributed by atoms with Crippen LogP contribution in [-0.4, -0.2) is 109 Å². The SMILES string of the molecule is C[C@H](CCCOC(c1ccccc1)(c1ccccc1)c1ccccc1)[C@H]1CC[C@H]2[C@@H]3[C@H](OCCOS(C)(=O)=O)C[C@@H]4CC(OCCOS(C)(=O)=O)CC[C@]4(C)[C@H]3C[C@H](OCCOS(C)(=O)=O)[C@]12C. The fourth-order valence-corrected chi connectivity index (χ4v) is 14.5. The highest BCUT2D eigenvalue weighted by atomic mass is 32.2. The van der Waals surface area contributed by atoms with Crippen LogP contribution < -0.4 is 0 Å². The van der Waals surface area contributed by atoms with Gasteiger partial charge in [0.2, 0.25) is 0 Å². The fourth-order valence-electron chi connectivity index (χ4n) is 13.4. The van der Waals surface area contributed by atoms with Gasteiger partial charge in [-0.2, -0.15) is 25.3 Å². The van der Waals surface area contributed by atoms with Gasteiger partial charge in [-0.15, -0.1) is 0 Å². The minimum atomic E-state index is -3.66. The lowest BCUT2D eigenvalue weighted by Crippen LogP contribution is -2.63. The van der Waals surface area contributed by atoms with E-state index in [2.05, 4.69) is 93.6 Å². The molecule has 3 aromatic rings. The molecule has 0 amide bonds. The summed E-state index contributed by atoms with van der Waals surface area (Å²) < 4.78 is 114. The average Bonchev–Trinajstić information content (AvgIpc) is 3.66. The van der Waals surface area contributed by atoms with Gasteiger partial charge >= 0.3 is 0 Å². The highest BCUT2D eigenvalue weighted by molar-refractivity contribution is 7.86. The third kappa shape index (κ3) is 12.5. The van der Waals surface area contributed by atoms with Crippen molar-refractivity contribution in [2.45, 2.75) is 102 Å². The Morgan fingerprint density at radius 2 is 1.09 bits per heavy atom. The van der Waals surface area contributed by atoms with Crippen molar-refractivity contribution in [3.8, 4) is 0 Å². The summed E-state index contributed by atoms with van der Waals surface area (Å²) in [5.74, 6) is 1.37. The normalized spacial score (nSPS) is 30.3. The van der Waals surface area contributed by atoms with Crippen LogP contribution in [0.1, 0.15) is 95.2 Å². The van der Waals surface area contributed by atoms with Crippen LogP contribution in [0.25, 0.3) is 0 Å². The standard InChI is InChI=1S/C52H74O13S3/c1-38(17-16-28-62-52(39-18-10-7-11-19-39,40-20-12-8-13-21-40)41-22-14-9-15-23-41)44-24-25-45-49-46(37-48(51(44,45)3)61-31-34-65-68(6,57)58)50(2)27-26-43(59-29-32-63-66(4,53)54)35-42(50)36-47(49)60-30-33-64-67(5,55)56/h7-15,18-23,38,42-49H,16-17,24-37H2,1-6H3/t38-,42+,43?,44-,45+,46+,47-,48+,49+,50+,51-/m1/s1. The van der Waals surface area contributed by atoms with Gasteiger partial charge in [0.05, 0.1) is 76.7 Å². The second-order valence-corrected chi connectivity index (χ2v) is 25.3. The Labute approximate surface area is 406 Å². The minimum absolute atomic E-state index is 0.0428. The zero-order valence-electron chi connectivity index (χ0n) is 40.7. The Kier molecular flexibility index (Phi) is 17.4. The Hall–Kier alpha value is -2.77. The topological polar surface area (TPSA) is 167 Å². The van der Waals surface area contributed by atoms with E-state index in [-0.39, 0.29) is 98.4 Å². The molecule has 16 heteroatoms. The number of fused-ring (bicyclic) bond motifs is 5. The molecule has 0 heterocycles. The summed E-state index contributed by atoms with van der Waals surface area (Å²) in [4.78, 5) is 0. The summed E-state index contributed by atoms with van der Waals surface area (Å²) >= 11 is 0. The van der Waals surface area contributed by atoms with Crippen LogP contribution in [0.2, 0.25) is 0 Å². The molecule has 4 aliphatic rings. The molecule has 3 aromatic carbocycles. The molecule has 1 unspecified atom stereocenters. The third-order valence-corrected chi connectivity index (χ3v) is 18.0. The first-order valence-corrected chi connectivity index (χ1v) is 29.9. The van der Waals surface area contributed by atoms with Gasteiger partial charge in [0.25, 0.3) is 30.4 Å². The van der Waals surface area contributed by atoms with E-state index in [1.807, 2.05) is 18.2 Å². The third-order valence-electron chi connectivity index (χ3n) is 16.3. The lowest BCUT2D eigenvalue weighted by molar-refractivity contribution is -0.229. The molecule has 13 nitrogen and oxygen atoms in total. The Morgan fingerprint density at radius 3 is 1.60 bits per heavy atom. The first-order valence-electron chi connectivity index (χ1n) is 24.4. The zero-order chi connectivity index (χ0) is 48.8. The van der Waals surface area contributed by atoms with Crippen molar-refractivity contribution in [3.63, 3.8) is 0 Å². The Bertz CT molecular complexity index is 2310. The molecule has 4 fully saturated rings. The molecule has 0 aliphatic heterocycles. The maximum Gasteiger partial charge on any atom is 0.264 e. The smallest absolute Gasteiger partial charge is 0.264 e. The van der Waals surface area contributed by atoms with E-state index in [0.29, 0.717) is 12.5 Å². The number of rotatable bonds is 24. The predicted molar refractivity (Wildman–Crippen MR) is 261 cm³/mol. The predicted octanol–water partition coefficient (Wildman–Crippen LogP) is 8.37. The molecule has 4 aliphatic carbocycles. The molecular weight excluding hydrogens is 929 g/mol. The number of hydrogen-bond acceptors (Lipinski definition) is 13. The van der Waals surface area contributed by atoms with Crippen molar-refractivity contribution in [3.05, 3.63) is 108 Å². The molecule has 7 rings (SSSR count). The van der Waals surface area contributed by atoms with E-state index < -0.39 is 36.0 Å². The van der Waals surface area contributed by atoms with Gasteiger partial charge in [0.15, 0.2) is 0 Å². The van der Waals surface area contributed by atoms with Crippen molar-refractivity contribution in [1.29, 1.82) is 0 Å². The zero-order valence-corrected chi connectivity index (χ0v) is 43.2. The highest BCUT2D eigenvalue weighted by Gasteiger charge is 2.66. The summed E-state index contributed by atoms with van der Waals surface area (Å²) in [7, 11) is -10.9. The van der Waals surface area contributed by atoms with Crippen LogP contribution in [0.3, 0.4) is 0 Å². The van der Waals surface area contributed by atoms with Gasteiger partial charge in [-0.3, -0.25) is 12.5 Å². The number of benzene rings is 3. The van der Waals surface area contributed by atoms with Crippen LogP contribution in [0.15, 0.2) is 91.0 Å². The Morgan fingerprint density at radius 1 is 0.588 bits per heavy atom. The van der Waals surface area contributed by atoms with Crippen LogP contribution in [0.5, 0.6) is 0 Å². The van der Waals surface area contributed by atoms with Crippen molar-refractivity contribution in [1.82, 2.24) is 0 Å². The molecule has 0 spiro atoms. The summed E-state index contributed by atoms with van der Waals surface area (Å²) in [6.45, 7) is 7.96. The van der Waals surface area contributed by atoms with E-state index in [4.69, 9.17) is 31.5 Å². The van der Waals surface area contributed by atoms with Crippen LogP contribution in [-0.2, 0) is 67.5 Å². The van der Waals surface area contributed by atoms with E-state index in [1.54, 1.807) is 0 Å². The second kappa shape index (κ2) is 22.3. The van der Waals surface area contributed by atoms with Crippen LogP contribution in [0, 0.1) is 46.3 Å². The number of ether oxygens (including phenoxy) is 4. The quantitative estimate of drug-likeness (QED) is 0.0478. The first kappa shape index (κ1) is 53.0. The Balaban J connectivity index is 1.14. The molecule has 4 saturated carbocycles.